The first-order valence-corrected chi connectivity index (χ1v) is 6.13. The smallest absolute Gasteiger partial charge is 0.304 e. The van der Waals surface area contributed by atoms with E-state index in [1.165, 1.54) is 6.20 Å². The second kappa shape index (κ2) is 5.84. The lowest BCUT2D eigenvalue weighted by Crippen LogP contribution is -2.13. The molecule has 0 radical (unpaired) electrons. The van der Waals surface area contributed by atoms with Crippen molar-refractivity contribution in [3.63, 3.8) is 0 Å². The zero-order chi connectivity index (χ0) is 15.6. The third-order valence-electron chi connectivity index (χ3n) is 2.63. The number of benzene rings is 1. The molecule has 0 aliphatic carbocycles. The summed E-state index contributed by atoms with van der Waals surface area (Å²) in [6, 6.07) is 4.49. The van der Waals surface area contributed by atoms with Crippen molar-refractivity contribution in [2.24, 2.45) is 0 Å². The van der Waals surface area contributed by atoms with Crippen molar-refractivity contribution in [1.29, 1.82) is 0 Å². The molecule has 0 bridgehead atoms. The van der Waals surface area contributed by atoms with E-state index in [0.29, 0.717) is 0 Å². The minimum absolute atomic E-state index is 0.0596. The molecule has 1 aromatic heterocycles. The van der Waals surface area contributed by atoms with Gasteiger partial charge in [0.2, 0.25) is 5.82 Å². The van der Waals surface area contributed by atoms with Crippen molar-refractivity contribution in [1.82, 2.24) is 4.98 Å². The normalized spacial score (nSPS) is 10.2. The topological polar surface area (TPSA) is 85.1 Å². The summed E-state index contributed by atoms with van der Waals surface area (Å²) in [5.74, 6) is -1.72. The zero-order valence-corrected chi connectivity index (χ0v) is 11.5. The predicted molar refractivity (Wildman–Crippen MR) is 75.0 cm³/mol. The minimum Gasteiger partial charge on any atom is -0.319 e. The summed E-state index contributed by atoms with van der Waals surface area (Å²) >= 11 is 5.84. The first-order chi connectivity index (χ1) is 9.88. The number of hydrogen-bond acceptors (Lipinski definition) is 4. The number of hydrogen-bond donors (Lipinski definition) is 1. The molecule has 21 heavy (non-hydrogen) atoms. The predicted octanol–water partition coefficient (Wildman–Crippen LogP) is 3.34. The van der Waals surface area contributed by atoms with Crippen LogP contribution in [0, 0.1) is 22.9 Å². The Bertz CT molecular complexity index is 737. The largest absolute Gasteiger partial charge is 0.319 e. The van der Waals surface area contributed by atoms with Crippen molar-refractivity contribution in [3.05, 3.63) is 62.7 Å². The Morgan fingerprint density at radius 2 is 2.14 bits per heavy atom. The Morgan fingerprint density at radius 3 is 2.76 bits per heavy atom. The molecule has 1 aromatic carbocycles. The molecule has 8 heteroatoms. The van der Waals surface area contributed by atoms with Crippen LogP contribution in [0.3, 0.4) is 0 Å². The highest BCUT2D eigenvalue weighted by Crippen LogP contribution is 2.22. The second-order valence-electron chi connectivity index (χ2n) is 4.23. The molecular weight excluding hydrogens is 301 g/mol. The molecule has 1 N–H and O–H groups in total. The van der Waals surface area contributed by atoms with Crippen molar-refractivity contribution >= 4 is 28.9 Å². The summed E-state index contributed by atoms with van der Waals surface area (Å²) < 4.78 is 13.5. The van der Waals surface area contributed by atoms with E-state index in [0.717, 1.165) is 23.8 Å². The maximum atomic E-state index is 13.5. The third kappa shape index (κ3) is 3.32. The number of pyridine rings is 1. The Hall–Kier alpha value is -2.54. The fourth-order valence-electron chi connectivity index (χ4n) is 1.63. The van der Waals surface area contributed by atoms with Crippen LogP contribution in [0.5, 0.6) is 0 Å². The van der Waals surface area contributed by atoms with Crippen LogP contribution in [0.4, 0.5) is 15.8 Å². The highest BCUT2D eigenvalue weighted by Gasteiger charge is 2.17. The van der Waals surface area contributed by atoms with Gasteiger partial charge in [-0.1, -0.05) is 11.6 Å². The fraction of sp³-hybridized carbons (Fsp3) is 0.0769. The monoisotopic (exact) mass is 309 g/mol. The van der Waals surface area contributed by atoms with E-state index in [9.17, 15) is 19.3 Å². The lowest BCUT2D eigenvalue weighted by atomic mass is 10.2. The van der Waals surface area contributed by atoms with Gasteiger partial charge in [-0.15, -0.1) is 0 Å². The van der Waals surface area contributed by atoms with Gasteiger partial charge < -0.3 is 5.32 Å². The van der Waals surface area contributed by atoms with Gasteiger partial charge in [-0.2, -0.15) is 4.39 Å². The summed E-state index contributed by atoms with van der Waals surface area (Å²) in [6.45, 7) is 1.77. The van der Waals surface area contributed by atoms with Gasteiger partial charge >= 0.3 is 5.69 Å². The highest BCUT2D eigenvalue weighted by molar-refractivity contribution is 6.32. The van der Waals surface area contributed by atoms with Crippen molar-refractivity contribution in [2.45, 2.75) is 6.92 Å². The van der Waals surface area contributed by atoms with E-state index in [1.807, 2.05) is 0 Å². The Kier molecular flexibility index (Phi) is 4.13. The average Bonchev–Trinajstić information content (AvgIpc) is 2.42. The number of carbonyl (C=O) groups excluding carboxylic acids is 1. The molecule has 0 saturated carbocycles. The van der Waals surface area contributed by atoms with Crippen molar-refractivity contribution < 1.29 is 14.1 Å². The maximum absolute atomic E-state index is 13.5. The van der Waals surface area contributed by atoms with Crippen molar-refractivity contribution in [2.75, 3.05) is 5.32 Å². The number of nitro benzene ring substituents is 1. The second-order valence-corrected chi connectivity index (χ2v) is 4.59. The van der Waals surface area contributed by atoms with Gasteiger partial charge in [0.15, 0.2) is 5.15 Å². The lowest BCUT2D eigenvalue weighted by Gasteiger charge is -2.07. The number of carbonyl (C=O) groups is 1. The molecule has 6 nitrogen and oxygen atoms in total. The van der Waals surface area contributed by atoms with E-state index < -0.39 is 22.3 Å². The van der Waals surface area contributed by atoms with E-state index >= 15 is 0 Å². The molecule has 108 valence electrons. The van der Waals surface area contributed by atoms with Gasteiger partial charge in [-0.05, 0) is 30.7 Å². The summed E-state index contributed by atoms with van der Waals surface area (Å²) in [5.41, 5.74) is 0.308. The van der Waals surface area contributed by atoms with E-state index in [4.69, 9.17) is 11.6 Å². The molecule has 0 aliphatic rings. The van der Waals surface area contributed by atoms with Gasteiger partial charge in [0, 0.05) is 17.8 Å². The number of nitrogens with one attached hydrogen (secondary N) is 1. The molecule has 0 fully saturated rings. The number of nitro groups is 1. The van der Waals surface area contributed by atoms with Crippen LogP contribution in [0.2, 0.25) is 5.15 Å². The summed E-state index contributed by atoms with van der Waals surface area (Å²) in [4.78, 5) is 25.5. The van der Waals surface area contributed by atoms with Gasteiger partial charge in [0.25, 0.3) is 5.91 Å². The van der Waals surface area contributed by atoms with E-state index in [2.05, 4.69) is 10.3 Å². The fourth-order valence-corrected chi connectivity index (χ4v) is 1.78. The molecule has 0 aliphatic heterocycles. The third-order valence-corrected chi connectivity index (χ3v) is 2.93. The molecular formula is C13H9ClFN3O3. The Morgan fingerprint density at radius 1 is 1.43 bits per heavy atom. The maximum Gasteiger partial charge on any atom is 0.304 e. The van der Waals surface area contributed by atoms with Gasteiger partial charge in [0.05, 0.1) is 10.6 Å². The number of amides is 1. The standard InChI is InChI=1S/C13H9ClFN3O3/c1-7-4-10(12(14)16-6-7)17-13(19)8-2-3-11(18(20)21)9(15)5-8/h2-6H,1H3,(H,17,19). The molecule has 2 rings (SSSR count). The molecule has 2 aromatic rings. The van der Waals surface area contributed by atoms with Crippen molar-refractivity contribution in [3.8, 4) is 0 Å². The summed E-state index contributed by atoms with van der Waals surface area (Å²) in [6.07, 6.45) is 1.53. The number of halogens is 2. The van der Waals surface area contributed by atoms with E-state index in [-0.39, 0.29) is 16.4 Å². The first-order valence-electron chi connectivity index (χ1n) is 5.76. The van der Waals surface area contributed by atoms with Crippen LogP contribution in [0.1, 0.15) is 15.9 Å². The minimum atomic E-state index is -1.08. The zero-order valence-electron chi connectivity index (χ0n) is 10.8. The molecule has 0 atom stereocenters. The number of aromatic nitrogens is 1. The Labute approximate surface area is 123 Å². The molecule has 0 unspecified atom stereocenters. The van der Waals surface area contributed by atoms with Gasteiger partial charge in [-0.3, -0.25) is 14.9 Å². The average molecular weight is 310 g/mol. The van der Waals surface area contributed by atoms with Crippen LogP contribution < -0.4 is 5.32 Å². The van der Waals surface area contributed by atoms with Crippen LogP contribution in [0.15, 0.2) is 30.5 Å². The van der Waals surface area contributed by atoms with E-state index in [1.54, 1.807) is 13.0 Å². The summed E-state index contributed by atoms with van der Waals surface area (Å²) in [5, 5.41) is 13.1. The van der Waals surface area contributed by atoms with Gasteiger partial charge in [-0.25, -0.2) is 4.98 Å². The number of nitrogens with zero attached hydrogens (tertiary/aromatic N) is 2. The highest BCUT2D eigenvalue weighted by atomic mass is 35.5. The molecule has 1 heterocycles. The number of anilines is 1. The van der Waals surface area contributed by atoms with Crippen LogP contribution in [-0.2, 0) is 0 Å². The van der Waals surface area contributed by atoms with Crippen LogP contribution in [-0.4, -0.2) is 15.8 Å². The number of aryl methyl sites for hydroxylation is 1. The molecule has 0 spiro atoms. The molecule has 0 saturated heterocycles. The quantitative estimate of drug-likeness (QED) is 0.535. The summed E-state index contributed by atoms with van der Waals surface area (Å²) in [7, 11) is 0. The van der Waals surface area contributed by atoms with Crippen LogP contribution >= 0.6 is 11.6 Å². The number of rotatable bonds is 3. The van der Waals surface area contributed by atoms with Gasteiger partial charge in [0.1, 0.15) is 0 Å². The Balaban J connectivity index is 2.26. The lowest BCUT2D eigenvalue weighted by molar-refractivity contribution is -0.387. The van der Waals surface area contributed by atoms with Crippen LogP contribution in [0.25, 0.3) is 0 Å². The molecule has 1 amide bonds. The SMILES string of the molecule is Cc1cnc(Cl)c(NC(=O)c2ccc([N+](=O)[O-])c(F)c2)c1. The first kappa shape index (κ1) is 14.9.